The average Bonchev–Trinajstić information content (AvgIpc) is 2.90. The van der Waals surface area contributed by atoms with E-state index >= 15 is 0 Å². The van der Waals surface area contributed by atoms with Gasteiger partial charge in [0.05, 0.1) is 11.0 Å². The molecule has 0 aliphatic rings. The van der Waals surface area contributed by atoms with Crippen molar-refractivity contribution in [3.8, 4) is 0 Å². The number of halogens is 1. The molecule has 0 radical (unpaired) electrons. The Morgan fingerprint density at radius 1 is 1.22 bits per heavy atom. The molecule has 0 amide bonds. The van der Waals surface area contributed by atoms with Crippen LogP contribution in [0.25, 0.3) is 17.1 Å². The van der Waals surface area contributed by atoms with E-state index in [9.17, 15) is 8.42 Å². The Hall–Kier alpha value is -2.11. The molecule has 3 rings (SSSR count). The molecular formula is C17H15ClN2O2S. The molecule has 4 nitrogen and oxygen atoms in total. The lowest BCUT2D eigenvalue weighted by molar-refractivity contribution is 0.603. The minimum Gasteiger partial charge on any atom is -0.341 e. The Morgan fingerprint density at radius 3 is 2.74 bits per heavy atom. The molecule has 0 saturated carbocycles. The lowest BCUT2D eigenvalue weighted by atomic mass is 10.1. The van der Waals surface area contributed by atoms with Gasteiger partial charge in [-0.05, 0) is 42.3 Å². The number of nitrogens with one attached hydrogen (secondary N) is 1. The summed E-state index contributed by atoms with van der Waals surface area (Å²) >= 11 is 5.96. The van der Waals surface area contributed by atoms with Crippen molar-refractivity contribution in [3.05, 3.63) is 69.8 Å². The second-order valence-corrected chi connectivity index (χ2v) is 7.61. The van der Waals surface area contributed by atoms with Gasteiger partial charge in [-0.1, -0.05) is 35.9 Å². The number of aryl methyl sites for hydroxylation is 1. The van der Waals surface area contributed by atoms with Crippen LogP contribution in [0.3, 0.4) is 0 Å². The van der Waals surface area contributed by atoms with E-state index < -0.39 is 9.84 Å². The van der Waals surface area contributed by atoms with Gasteiger partial charge in [0.15, 0.2) is 9.84 Å². The predicted molar refractivity (Wildman–Crippen MR) is 93.9 cm³/mol. The molecular weight excluding hydrogens is 332 g/mol. The van der Waals surface area contributed by atoms with Crippen molar-refractivity contribution in [1.82, 2.24) is 9.97 Å². The highest BCUT2D eigenvalue weighted by molar-refractivity contribution is 7.93. The smallest absolute Gasteiger partial charge is 0.178 e. The molecule has 0 atom stereocenters. The molecule has 0 unspecified atom stereocenters. The summed E-state index contributed by atoms with van der Waals surface area (Å²) in [6.07, 6.45) is 1.57. The highest BCUT2D eigenvalue weighted by Crippen LogP contribution is 2.18. The van der Waals surface area contributed by atoms with E-state index in [2.05, 4.69) is 9.97 Å². The zero-order valence-corrected chi connectivity index (χ0v) is 14.0. The van der Waals surface area contributed by atoms with Gasteiger partial charge in [-0.15, -0.1) is 0 Å². The quantitative estimate of drug-likeness (QED) is 0.773. The summed E-state index contributed by atoms with van der Waals surface area (Å²) in [5.41, 5.74) is 3.29. The summed E-state index contributed by atoms with van der Waals surface area (Å²) in [4.78, 5) is 7.32. The summed E-state index contributed by atoms with van der Waals surface area (Å²) < 4.78 is 24.5. The molecule has 1 aromatic heterocycles. The van der Waals surface area contributed by atoms with Crippen molar-refractivity contribution in [2.45, 2.75) is 12.7 Å². The molecule has 0 aliphatic heterocycles. The first kappa shape index (κ1) is 15.8. The van der Waals surface area contributed by atoms with Crippen LogP contribution in [-0.2, 0) is 15.6 Å². The maximum absolute atomic E-state index is 12.2. The molecule has 23 heavy (non-hydrogen) atoms. The van der Waals surface area contributed by atoms with Gasteiger partial charge in [0.1, 0.15) is 11.6 Å². The number of aromatic nitrogens is 2. The molecule has 118 valence electrons. The summed E-state index contributed by atoms with van der Waals surface area (Å²) in [7, 11) is -3.41. The van der Waals surface area contributed by atoms with Gasteiger partial charge in [-0.3, -0.25) is 0 Å². The van der Waals surface area contributed by atoms with Crippen LogP contribution in [0.4, 0.5) is 0 Å². The molecule has 0 fully saturated rings. The Bertz CT molecular complexity index is 958. The largest absolute Gasteiger partial charge is 0.341 e. The van der Waals surface area contributed by atoms with Crippen molar-refractivity contribution in [2.75, 3.05) is 0 Å². The Balaban J connectivity index is 1.80. The van der Waals surface area contributed by atoms with Crippen molar-refractivity contribution < 1.29 is 8.42 Å². The van der Waals surface area contributed by atoms with E-state index in [1.54, 1.807) is 18.2 Å². The van der Waals surface area contributed by atoms with Crippen LogP contribution in [0.5, 0.6) is 0 Å². The number of sulfone groups is 1. The number of benzene rings is 2. The van der Waals surface area contributed by atoms with Crippen LogP contribution < -0.4 is 0 Å². The van der Waals surface area contributed by atoms with Crippen LogP contribution in [0.2, 0.25) is 5.02 Å². The van der Waals surface area contributed by atoms with Crippen molar-refractivity contribution in [2.24, 2.45) is 0 Å². The van der Waals surface area contributed by atoms with Crippen LogP contribution in [0.15, 0.2) is 47.9 Å². The fourth-order valence-electron chi connectivity index (χ4n) is 2.27. The highest BCUT2D eigenvalue weighted by Gasteiger charge is 2.11. The van der Waals surface area contributed by atoms with Gasteiger partial charge < -0.3 is 4.98 Å². The van der Waals surface area contributed by atoms with Crippen LogP contribution in [-0.4, -0.2) is 18.4 Å². The number of fused-ring (bicyclic) bond motifs is 1. The van der Waals surface area contributed by atoms with Gasteiger partial charge in [0, 0.05) is 10.4 Å². The van der Waals surface area contributed by atoms with E-state index in [4.69, 9.17) is 11.6 Å². The maximum Gasteiger partial charge on any atom is 0.178 e. The lowest BCUT2D eigenvalue weighted by Crippen LogP contribution is -2.01. The second-order valence-electron chi connectivity index (χ2n) is 5.32. The topological polar surface area (TPSA) is 62.8 Å². The Labute approximate surface area is 139 Å². The number of hydrogen-bond acceptors (Lipinski definition) is 3. The second kappa shape index (κ2) is 6.18. The van der Waals surface area contributed by atoms with Gasteiger partial charge >= 0.3 is 0 Å². The molecule has 0 aliphatic carbocycles. The van der Waals surface area contributed by atoms with E-state index in [1.807, 2.05) is 37.3 Å². The number of imidazole rings is 1. The van der Waals surface area contributed by atoms with Crippen molar-refractivity contribution in [1.29, 1.82) is 0 Å². The number of rotatable bonds is 4. The number of para-hydroxylation sites is 2. The zero-order chi connectivity index (χ0) is 16.4. The van der Waals surface area contributed by atoms with Crippen molar-refractivity contribution in [3.63, 3.8) is 0 Å². The molecule has 6 heteroatoms. The maximum atomic E-state index is 12.2. The molecule has 1 heterocycles. The minimum atomic E-state index is -3.41. The monoisotopic (exact) mass is 346 g/mol. The third-order valence-corrected chi connectivity index (χ3v) is 5.08. The molecule has 2 aromatic carbocycles. The fraction of sp³-hybridized carbons (Fsp3) is 0.118. The van der Waals surface area contributed by atoms with E-state index in [-0.39, 0.29) is 5.75 Å². The number of nitrogens with zero attached hydrogens (tertiary/aromatic N) is 1. The molecule has 3 aromatic rings. The summed E-state index contributed by atoms with van der Waals surface area (Å²) in [6, 6.07) is 12.8. The summed E-state index contributed by atoms with van der Waals surface area (Å²) in [6.45, 7) is 1.88. The highest BCUT2D eigenvalue weighted by atomic mass is 35.5. The molecule has 1 N–H and O–H groups in total. The zero-order valence-electron chi connectivity index (χ0n) is 12.5. The minimum absolute atomic E-state index is 0.162. The first-order valence-corrected chi connectivity index (χ1v) is 9.13. The predicted octanol–water partition coefficient (Wildman–Crippen LogP) is 4.11. The third-order valence-electron chi connectivity index (χ3n) is 3.43. The van der Waals surface area contributed by atoms with Gasteiger partial charge in [-0.2, -0.15) is 0 Å². The van der Waals surface area contributed by atoms with E-state index in [1.165, 1.54) is 5.41 Å². The third kappa shape index (κ3) is 3.81. The number of hydrogen-bond donors (Lipinski definition) is 1. The van der Waals surface area contributed by atoms with E-state index in [0.717, 1.165) is 22.2 Å². The summed E-state index contributed by atoms with van der Waals surface area (Å²) in [5, 5.41) is 1.87. The fourth-order valence-corrected chi connectivity index (χ4v) is 3.36. The SMILES string of the molecule is Cc1cc(/C=C/S(=O)(=O)Cc2nc3ccccc3[nH]2)ccc1Cl. The molecule has 0 saturated heterocycles. The van der Waals surface area contributed by atoms with Crippen molar-refractivity contribution >= 4 is 38.5 Å². The van der Waals surface area contributed by atoms with Gasteiger partial charge in [0.25, 0.3) is 0 Å². The average molecular weight is 347 g/mol. The molecule has 0 bridgehead atoms. The first-order valence-electron chi connectivity index (χ1n) is 7.03. The molecule has 0 spiro atoms. The normalized spacial score (nSPS) is 12.3. The number of aromatic amines is 1. The van der Waals surface area contributed by atoms with Gasteiger partial charge in [0.2, 0.25) is 0 Å². The lowest BCUT2D eigenvalue weighted by Gasteiger charge is -2.00. The van der Waals surface area contributed by atoms with Crippen LogP contribution in [0.1, 0.15) is 17.0 Å². The van der Waals surface area contributed by atoms with Crippen LogP contribution in [0, 0.1) is 6.92 Å². The van der Waals surface area contributed by atoms with Gasteiger partial charge in [-0.25, -0.2) is 13.4 Å². The van der Waals surface area contributed by atoms with E-state index in [0.29, 0.717) is 10.8 Å². The summed E-state index contributed by atoms with van der Waals surface area (Å²) in [5.74, 6) is 0.272. The Kier molecular flexibility index (Phi) is 4.24. The number of H-pyrrole nitrogens is 1. The standard InChI is InChI=1S/C17H15ClN2O2S/c1-12-10-13(6-7-14(12)18)8-9-23(21,22)11-17-19-15-4-2-3-5-16(15)20-17/h2-10H,11H2,1H3,(H,19,20)/b9-8+. The van der Waals surface area contributed by atoms with Crippen LogP contribution >= 0.6 is 11.6 Å². The Morgan fingerprint density at radius 2 is 2.00 bits per heavy atom. The first-order chi connectivity index (χ1) is 10.9.